The number of hydrogen-bond acceptors (Lipinski definition) is 3. The van der Waals surface area contributed by atoms with E-state index in [0.29, 0.717) is 6.04 Å². The zero-order chi connectivity index (χ0) is 16.6. The Balaban J connectivity index is 1.75. The van der Waals surface area contributed by atoms with Crippen LogP contribution in [0.15, 0.2) is 18.2 Å². The second-order valence-electron chi connectivity index (χ2n) is 6.64. The molecule has 23 heavy (non-hydrogen) atoms. The number of aromatic nitrogens is 1. The summed E-state index contributed by atoms with van der Waals surface area (Å²) in [7, 11) is 0. The summed E-state index contributed by atoms with van der Waals surface area (Å²) in [5, 5.41) is 9.97. The molecule has 0 unspecified atom stereocenters. The van der Waals surface area contributed by atoms with E-state index in [9.17, 15) is 4.79 Å². The van der Waals surface area contributed by atoms with Crippen molar-refractivity contribution < 1.29 is 14.6 Å². The van der Waals surface area contributed by atoms with Gasteiger partial charge in [-0.3, -0.25) is 0 Å². The fraction of sp³-hybridized carbons (Fsp3) is 0.500. The zero-order valence-electron chi connectivity index (χ0n) is 13.9. The fourth-order valence-corrected chi connectivity index (χ4v) is 3.20. The molecule has 0 radical (unpaired) electrons. The summed E-state index contributed by atoms with van der Waals surface area (Å²) >= 11 is 0. The Morgan fingerprint density at radius 1 is 1.30 bits per heavy atom. The molecule has 124 valence electrons. The van der Waals surface area contributed by atoms with Crippen molar-refractivity contribution in [3.05, 3.63) is 29.5 Å². The van der Waals surface area contributed by atoms with Crippen LogP contribution in [0.3, 0.4) is 0 Å². The van der Waals surface area contributed by atoms with Crippen LogP contribution in [0.25, 0.3) is 10.9 Å². The average molecular weight is 316 g/mol. The summed E-state index contributed by atoms with van der Waals surface area (Å²) in [6.45, 7) is 8.59. The van der Waals surface area contributed by atoms with Crippen LogP contribution in [0.2, 0.25) is 0 Å². The van der Waals surface area contributed by atoms with Crippen molar-refractivity contribution in [1.29, 1.82) is 0 Å². The molecule has 1 fully saturated rings. The maximum Gasteiger partial charge on any atom is 0.352 e. The van der Waals surface area contributed by atoms with Crippen LogP contribution in [0.5, 0.6) is 5.75 Å². The van der Waals surface area contributed by atoms with E-state index in [-0.39, 0.29) is 11.8 Å². The summed E-state index contributed by atoms with van der Waals surface area (Å²) in [6, 6.07) is 6.15. The number of carboxylic acid groups (broad SMARTS) is 1. The molecule has 1 aromatic carbocycles. The van der Waals surface area contributed by atoms with Gasteiger partial charge in [-0.2, -0.15) is 0 Å². The third kappa shape index (κ3) is 3.34. The van der Waals surface area contributed by atoms with Crippen LogP contribution in [0.4, 0.5) is 0 Å². The number of benzene rings is 1. The van der Waals surface area contributed by atoms with Gasteiger partial charge in [0, 0.05) is 30.0 Å². The number of carboxylic acids is 1. The summed E-state index contributed by atoms with van der Waals surface area (Å²) in [4.78, 5) is 16.5. The Bertz CT molecular complexity index is 712. The second-order valence-corrected chi connectivity index (χ2v) is 6.64. The molecule has 1 aliphatic heterocycles. The normalized spacial score (nSPS) is 17.0. The minimum atomic E-state index is -0.942. The lowest BCUT2D eigenvalue weighted by molar-refractivity contribution is 0.0691. The Morgan fingerprint density at radius 2 is 2.00 bits per heavy atom. The van der Waals surface area contributed by atoms with Gasteiger partial charge in [-0.25, -0.2) is 4.79 Å². The average Bonchev–Trinajstić information content (AvgIpc) is 2.91. The van der Waals surface area contributed by atoms with Gasteiger partial charge in [-0.1, -0.05) is 0 Å². The van der Waals surface area contributed by atoms with Gasteiger partial charge in [0.2, 0.25) is 0 Å². The van der Waals surface area contributed by atoms with Gasteiger partial charge >= 0.3 is 5.97 Å². The first-order chi connectivity index (χ1) is 10.9. The van der Waals surface area contributed by atoms with Crippen molar-refractivity contribution in [2.75, 3.05) is 13.1 Å². The molecule has 1 aromatic heterocycles. The molecule has 0 bridgehead atoms. The highest BCUT2D eigenvalue weighted by atomic mass is 16.5. The molecule has 0 aliphatic carbocycles. The van der Waals surface area contributed by atoms with Crippen LogP contribution < -0.4 is 4.74 Å². The molecule has 1 saturated heterocycles. The van der Waals surface area contributed by atoms with Crippen molar-refractivity contribution >= 4 is 16.9 Å². The number of aromatic amines is 1. The van der Waals surface area contributed by atoms with Crippen molar-refractivity contribution in [2.24, 2.45) is 0 Å². The van der Waals surface area contributed by atoms with E-state index in [1.54, 1.807) is 6.07 Å². The van der Waals surface area contributed by atoms with Gasteiger partial charge < -0.3 is 19.7 Å². The Morgan fingerprint density at radius 3 is 2.61 bits per heavy atom. The third-order valence-corrected chi connectivity index (χ3v) is 4.65. The number of piperidine rings is 1. The maximum atomic E-state index is 11.1. The lowest BCUT2D eigenvalue weighted by Gasteiger charge is -2.34. The number of ether oxygens (including phenoxy) is 1. The van der Waals surface area contributed by atoms with E-state index in [1.807, 2.05) is 19.1 Å². The number of H-pyrrole nitrogens is 1. The van der Waals surface area contributed by atoms with Crippen molar-refractivity contribution in [1.82, 2.24) is 9.88 Å². The SMILES string of the molecule is Cc1cc2[nH]c(C(=O)O)cc2cc1OC1CCN(C(C)C)CC1. The molecule has 2 heterocycles. The number of likely N-dealkylation sites (tertiary alicyclic amines) is 1. The number of fused-ring (bicyclic) bond motifs is 1. The molecule has 0 amide bonds. The predicted octanol–water partition coefficient (Wildman–Crippen LogP) is 3.43. The molecular formula is C18H24N2O3. The molecular weight excluding hydrogens is 292 g/mol. The molecule has 3 rings (SSSR count). The number of aryl methyl sites for hydroxylation is 1. The van der Waals surface area contributed by atoms with Gasteiger partial charge in [-0.05, 0) is 57.4 Å². The molecule has 2 N–H and O–H groups in total. The van der Waals surface area contributed by atoms with Gasteiger partial charge in [0.05, 0.1) is 0 Å². The van der Waals surface area contributed by atoms with Crippen molar-refractivity contribution in [3.63, 3.8) is 0 Å². The van der Waals surface area contributed by atoms with Gasteiger partial charge in [-0.15, -0.1) is 0 Å². The van der Waals surface area contributed by atoms with Crippen molar-refractivity contribution in [2.45, 2.75) is 45.8 Å². The molecule has 5 heteroatoms. The Labute approximate surface area is 136 Å². The van der Waals surface area contributed by atoms with Crippen LogP contribution in [-0.2, 0) is 0 Å². The first-order valence-electron chi connectivity index (χ1n) is 8.21. The predicted molar refractivity (Wildman–Crippen MR) is 90.4 cm³/mol. The molecule has 0 spiro atoms. The minimum Gasteiger partial charge on any atom is -0.490 e. The van der Waals surface area contributed by atoms with Gasteiger partial charge in [0.1, 0.15) is 17.5 Å². The monoisotopic (exact) mass is 316 g/mol. The first-order valence-corrected chi connectivity index (χ1v) is 8.21. The van der Waals surface area contributed by atoms with Crippen LogP contribution in [-0.4, -0.2) is 46.2 Å². The Kier molecular flexibility index (Phi) is 4.31. The van der Waals surface area contributed by atoms with Gasteiger partial charge in [0.25, 0.3) is 0 Å². The second kappa shape index (κ2) is 6.24. The first kappa shape index (κ1) is 15.9. The van der Waals surface area contributed by atoms with Crippen LogP contribution in [0.1, 0.15) is 42.7 Å². The highest BCUT2D eigenvalue weighted by molar-refractivity contribution is 5.94. The van der Waals surface area contributed by atoms with E-state index in [1.165, 1.54) is 0 Å². The molecule has 1 aliphatic rings. The standard InChI is InChI=1S/C18H24N2O3/c1-11(2)20-6-4-14(5-7-20)23-17-10-13-9-16(18(21)22)19-15(13)8-12(17)3/h8-11,14,19H,4-7H2,1-3H3,(H,21,22). The Hall–Kier alpha value is -2.01. The van der Waals surface area contributed by atoms with E-state index < -0.39 is 5.97 Å². The lowest BCUT2D eigenvalue weighted by Crippen LogP contribution is -2.41. The van der Waals surface area contributed by atoms with E-state index in [0.717, 1.165) is 48.1 Å². The van der Waals surface area contributed by atoms with Crippen molar-refractivity contribution in [3.8, 4) is 5.75 Å². The summed E-state index contributed by atoms with van der Waals surface area (Å²) in [5.74, 6) is -0.0844. The smallest absolute Gasteiger partial charge is 0.352 e. The van der Waals surface area contributed by atoms with Crippen LogP contribution in [0, 0.1) is 6.92 Å². The number of nitrogens with zero attached hydrogens (tertiary/aromatic N) is 1. The molecule has 0 atom stereocenters. The summed E-state index contributed by atoms with van der Waals surface area (Å²) in [5.41, 5.74) is 2.08. The van der Waals surface area contributed by atoms with E-state index in [4.69, 9.17) is 9.84 Å². The number of nitrogens with one attached hydrogen (secondary N) is 1. The summed E-state index contributed by atoms with van der Waals surface area (Å²) in [6.07, 6.45) is 2.30. The fourth-order valence-electron chi connectivity index (χ4n) is 3.20. The number of hydrogen-bond donors (Lipinski definition) is 2. The van der Waals surface area contributed by atoms with E-state index >= 15 is 0 Å². The van der Waals surface area contributed by atoms with E-state index in [2.05, 4.69) is 23.7 Å². The highest BCUT2D eigenvalue weighted by Gasteiger charge is 2.22. The number of aromatic carboxylic acids is 1. The largest absolute Gasteiger partial charge is 0.490 e. The lowest BCUT2D eigenvalue weighted by atomic mass is 10.1. The molecule has 0 saturated carbocycles. The highest BCUT2D eigenvalue weighted by Crippen LogP contribution is 2.28. The topological polar surface area (TPSA) is 65.6 Å². The number of rotatable bonds is 4. The summed E-state index contributed by atoms with van der Waals surface area (Å²) < 4.78 is 6.20. The third-order valence-electron chi connectivity index (χ3n) is 4.65. The quantitative estimate of drug-likeness (QED) is 0.907. The molecule has 2 aromatic rings. The van der Waals surface area contributed by atoms with Gasteiger partial charge in [0.15, 0.2) is 0 Å². The minimum absolute atomic E-state index is 0.210. The number of carbonyl (C=O) groups is 1. The molecule has 5 nitrogen and oxygen atoms in total. The van der Waals surface area contributed by atoms with Crippen LogP contribution >= 0.6 is 0 Å². The zero-order valence-corrected chi connectivity index (χ0v) is 13.9. The maximum absolute atomic E-state index is 11.1.